The predicted molar refractivity (Wildman–Crippen MR) is 142 cm³/mol. The van der Waals surface area contributed by atoms with Crippen molar-refractivity contribution in [1.82, 2.24) is 4.98 Å². The molecular formula is C32H39N2+. The maximum atomic E-state index is 3.68. The molecule has 0 fully saturated rings. The predicted octanol–water partition coefficient (Wildman–Crippen LogP) is 7.94. The molecule has 1 N–H and O–H groups in total. The van der Waals surface area contributed by atoms with Gasteiger partial charge in [-0.1, -0.05) is 125 Å². The molecule has 0 aliphatic heterocycles. The summed E-state index contributed by atoms with van der Waals surface area (Å²) in [7, 11) is 0. The van der Waals surface area contributed by atoms with Gasteiger partial charge in [-0.15, -0.1) is 0 Å². The summed E-state index contributed by atoms with van der Waals surface area (Å²) in [5.41, 5.74) is 3.97. The van der Waals surface area contributed by atoms with E-state index in [1.807, 2.05) is 0 Å². The molecule has 0 aliphatic carbocycles. The number of rotatable bonds is 12. The maximum absolute atomic E-state index is 3.68. The fourth-order valence-electron chi connectivity index (χ4n) is 5.40. The fraction of sp³-hybridized carbons (Fsp3) is 0.344. The van der Waals surface area contributed by atoms with E-state index in [0.29, 0.717) is 5.92 Å². The van der Waals surface area contributed by atoms with Gasteiger partial charge in [-0.25, -0.2) is 4.98 Å². The Kier molecular flexibility index (Phi) is 8.36. The Hall–Kier alpha value is -3.13. The summed E-state index contributed by atoms with van der Waals surface area (Å²) in [4.78, 5) is 3.68. The van der Waals surface area contributed by atoms with Gasteiger partial charge in [-0.05, 0) is 36.1 Å². The highest BCUT2D eigenvalue weighted by Crippen LogP contribution is 2.43. The Bertz CT molecular complexity index is 1100. The zero-order valence-electron chi connectivity index (χ0n) is 20.8. The van der Waals surface area contributed by atoms with Crippen LogP contribution in [-0.4, -0.2) is 4.98 Å². The third-order valence-electron chi connectivity index (χ3n) is 7.29. The van der Waals surface area contributed by atoms with Gasteiger partial charge < -0.3 is 0 Å². The zero-order valence-corrected chi connectivity index (χ0v) is 20.8. The standard InChI is InChI=1S/C32H38N2/c1-3-4-5-6-16-23-30(31-33-24-25-34(31)29-21-14-9-15-22-29)32(2,28-19-12-8-13-20-28)26-27-17-10-7-11-18-27/h7-15,17-22,24-25,30H,3-6,16,23,26H2,1-2H3/p+1. The first-order valence-corrected chi connectivity index (χ1v) is 13.0. The third kappa shape index (κ3) is 5.67. The number of nitrogens with one attached hydrogen (secondary N) is 1. The number of hydrogen-bond acceptors (Lipinski definition) is 0. The minimum atomic E-state index is -0.0469. The lowest BCUT2D eigenvalue weighted by molar-refractivity contribution is -0.605. The molecule has 0 saturated carbocycles. The molecule has 4 rings (SSSR count). The molecule has 1 aromatic heterocycles. The number of benzene rings is 3. The molecule has 2 unspecified atom stereocenters. The molecule has 4 aromatic rings. The van der Waals surface area contributed by atoms with Crippen LogP contribution in [0.2, 0.25) is 0 Å². The molecule has 0 aliphatic rings. The highest BCUT2D eigenvalue weighted by Gasteiger charge is 2.42. The van der Waals surface area contributed by atoms with Gasteiger partial charge in [0.15, 0.2) is 0 Å². The van der Waals surface area contributed by atoms with Crippen molar-refractivity contribution in [1.29, 1.82) is 0 Å². The first kappa shape index (κ1) is 24.0. The van der Waals surface area contributed by atoms with Crippen molar-refractivity contribution in [2.45, 2.75) is 70.1 Å². The molecule has 34 heavy (non-hydrogen) atoms. The van der Waals surface area contributed by atoms with Crippen LogP contribution >= 0.6 is 0 Å². The van der Waals surface area contributed by atoms with Gasteiger partial charge in [-0.2, -0.15) is 4.57 Å². The van der Waals surface area contributed by atoms with Crippen LogP contribution in [0.25, 0.3) is 5.69 Å². The van der Waals surface area contributed by atoms with Crippen molar-refractivity contribution in [3.63, 3.8) is 0 Å². The van der Waals surface area contributed by atoms with E-state index in [9.17, 15) is 0 Å². The number of aromatic amines is 1. The second-order valence-corrected chi connectivity index (χ2v) is 9.75. The number of aromatic nitrogens is 2. The number of H-pyrrole nitrogens is 1. The van der Waals surface area contributed by atoms with Crippen molar-refractivity contribution in [2.75, 3.05) is 0 Å². The first-order chi connectivity index (χ1) is 16.7. The molecule has 0 saturated heterocycles. The highest BCUT2D eigenvalue weighted by molar-refractivity contribution is 5.33. The summed E-state index contributed by atoms with van der Waals surface area (Å²) in [6.45, 7) is 4.76. The summed E-state index contributed by atoms with van der Waals surface area (Å²) in [6, 6.07) is 32.9. The SMILES string of the molecule is CCCCCCCC(c1[nH]cc[n+]1-c1ccccc1)C(C)(Cc1ccccc1)c1ccccc1. The van der Waals surface area contributed by atoms with Crippen LogP contribution in [0.1, 0.15) is 75.2 Å². The minimum absolute atomic E-state index is 0.0469. The van der Waals surface area contributed by atoms with Crippen LogP contribution < -0.4 is 4.57 Å². The van der Waals surface area contributed by atoms with Gasteiger partial charge in [0.1, 0.15) is 18.1 Å². The second-order valence-electron chi connectivity index (χ2n) is 9.75. The minimum Gasteiger partial charge on any atom is -0.247 e. The van der Waals surface area contributed by atoms with Crippen LogP contribution in [-0.2, 0) is 11.8 Å². The third-order valence-corrected chi connectivity index (χ3v) is 7.29. The zero-order chi connectivity index (χ0) is 23.6. The Morgan fingerprint density at radius 3 is 2.06 bits per heavy atom. The maximum Gasteiger partial charge on any atom is 0.263 e. The molecule has 0 bridgehead atoms. The van der Waals surface area contributed by atoms with Crippen molar-refractivity contribution >= 4 is 0 Å². The van der Waals surface area contributed by atoms with Crippen molar-refractivity contribution in [2.24, 2.45) is 0 Å². The number of nitrogens with zero attached hydrogens (tertiary/aromatic N) is 1. The summed E-state index contributed by atoms with van der Waals surface area (Å²) in [5, 5.41) is 0. The van der Waals surface area contributed by atoms with Gasteiger partial charge in [0, 0.05) is 5.41 Å². The number of imidazole rings is 1. The van der Waals surface area contributed by atoms with Crippen LogP contribution in [0.5, 0.6) is 0 Å². The van der Waals surface area contributed by atoms with Crippen molar-refractivity contribution in [3.05, 3.63) is 120 Å². The van der Waals surface area contributed by atoms with Gasteiger partial charge in [-0.3, -0.25) is 0 Å². The topological polar surface area (TPSA) is 19.7 Å². The first-order valence-electron chi connectivity index (χ1n) is 13.0. The average molecular weight is 452 g/mol. The Morgan fingerprint density at radius 2 is 1.38 bits per heavy atom. The van der Waals surface area contributed by atoms with E-state index in [1.165, 1.54) is 54.7 Å². The number of hydrogen-bond donors (Lipinski definition) is 1. The van der Waals surface area contributed by atoms with Crippen LogP contribution in [0.15, 0.2) is 103 Å². The van der Waals surface area contributed by atoms with Gasteiger partial charge in [0.2, 0.25) is 0 Å². The summed E-state index contributed by atoms with van der Waals surface area (Å²) >= 11 is 0. The van der Waals surface area contributed by atoms with Crippen LogP contribution in [0, 0.1) is 0 Å². The smallest absolute Gasteiger partial charge is 0.247 e. The van der Waals surface area contributed by atoms with Gasteiger partial charge in [0.05, 0.1) is 5.92 Å². The summed E-state index contributed by atoms with van der Waals surface area (Å²) < 4.78 is 2.36. The molecule has 2 heteroatoms. The number of para-hydroxylation sites is 1. The quantitative estimate of drug-likeness (QED) is 0.167. The van der Waals surface area contributed by atoms with Crippen LogP contribution in [0.4, 0.5) is 0 Å². The van der Waals surface area contributed by atoms with Crippen molar-refractivity contribution in [3.8, 4) is 5.69 Å². The highest BCUT2D eigenvalue weighted by atomic mass is 15.1. The summed E-state index contributed by atoms with van der Waals surface area (Å²) in [5.74, 6) is 1.65. The van der Waals surface area contributed by atoms with E-state index in [1.54, 1.807) is 0 Å². The monoisotopic (exact) mass is 451 g/mol. The molecule has 1 heterocycles. The van der Waals surface area contributed by atoms with E-state index in [2.05, 4.69) is 127 Å². The molecule has 2 atom stereocenters. The normalized spacial score (nSPS) is 13.9. The lowest BCUT2D eigenvalue weighted by Gasteiger charge is -2.37. The molecule has 0 spiro atoms. The van der Waals surface area contributed by atoms with E-state index >= 15 is 0 Å². The van der Waals surface area contributed by atoms with E-state index in [4.69, 9.17) is 0 Å². The molecular weight excluding hydrogens is 412 g/mol. The lowest BCUT2D eigenvalue weighted by atomic mass is 9.66. The Morgan fingerprint density at radius 1 is 0.765 bits per heavy atom. The summed E-state index contributed by atoms with van der Waals surface area (Å²) in [6.07, 6.45) is 12.9. The molecule has 3 aromatic carbocycles. The Balaban J connectivity index is 1.77. The van der Waals surface area contributed by atoms with Crippen LogP contribution in [0.3, 0.4) is 0 Å². The molecule has 0 amide bonds. The second kappa shape index (κ2) is 11.8. The fourth-order valence-corrected chi connectivity index (χ4v) is 5.40. The number of unbranched alkanes of at least 4 members (excludes halogenated alkanes) is 4. The average Bonchev–Trinajstić information content (AvgIpc) is 3.37. The van der Waals surface area contributed by atoms with E-state index in [0.717, 1.165) is 12.8 Å². The lowest BCUT2D eigenvalue weighted by Crippen LogP contribution is -2.42. The van der Waals surface area contributed by atoms with Crippen molar-refractivity contribution < 1.29 is 4.57 Å². The largest absolute Gasteiger partial charge is 0.263 e. The van der Waals surface area contributed by atoms with E-state index in [-0.39, 0.29) is 5.41 Å². The molecule has 0 radical (unpaired) electrons. The van der Waals surface area contributed by atoms with E-state index < -0.39 is 0 Å². The van der Waals surface area contributed by atoms with Gasteiger partial charge in [0.25, 0.3) is 5.82 Å². The molecule has 176 valence electrons. The molecule has 2 nitrogen and oxygen atoms in total. The Labute approximate surface area is 205 Å². The van der Waals surface area contributed by atoms with Gasteiger partial charge >= 0.3 is 0 Å².